The van der Waals surface area contributed by atoms with Crippen LogP contribution in [0, 0.1) is 12.7 Å². The first-order valence-electron chi connectivity index (χ1n) is 8.85. The lowest BCUT2D eigenvalue weighted by molar-refractivity contribution is 0.0509. The fourth-order valence-electron chi connectivity index (χ4n) is 3.49. The van der Waals surface area contributed by atoms with Gasteiger partial charge in [-0.15, -0.1) is 0 Å². The molecule has 0 saturated carbocycles. The van der Waals surface area contributed by atoms with Crippen LogP contribution in [0.4, 0.5) is 4.39 Å². The molecule has 1 aliphatic rings. The summed E-state index contributed by atoms with van der Waals surface area (Å²) in [5, 5.41) is 0. The quantitative estimate of drug-likeness (QED) is 0.819. The van der Waals surface area contributed by atoms with Crippen molar-refractivity contribution in [2.45, 2.75) is 30.1 Å². The number of aryl methyl sites for hydroxylation is 1. The molecule has 0 aliphatic carbocycles. The number of hydrogen-bond acceptors (Lipinski definition) is 4. The van der Waals surface area contributed by atoms with Crippen LogP contribution in [0.15, 0.2) is 47.4 Å². The highest BCUT2D eigenvalue weighted by Gasteiger charge is 2.37. The SMILES string of the molecule is COc1ccccc1C1(CNS(=O)(=O)c2ccc(F)c(C)c2)CCOCC1. The van der Waals surface area contributed by atoms with Gasteiger partial charge in [-0.3, -0.25) is 0 Å². The largest absolute Gasteiger partial charge is 0.496 e. The second-order valence-corrected chi connectivity index (χ2v) is 8.60. The van der Waals surface area contributed by atoms with Gasteiger partial charge in [0.25, 0.3) is 0 Å². The molecule has 0 radical (unpaired) electrons. The Balaban J connectivity index is 1.90. The van der Waals surface area contributed by atoms with Gasteiger partial charge in [0.15, 0.2) is 0 Å². The lowest BCUT2D eigenvalue weighted by Crippen LogP contribution is -2.44. The zero-order valence-electron chi connectivity index (χ0n) is 15.5. The third kappa shape index (κ3) is 4.15. The maximum absolute atomic E-state index is 13.5. The van der Waals surface area contributed by atoms with E-state index in [4.69, 9.17) is 9.47 Å². The Labute approximate surface area is 159 Å². The van der Waals surface area contributed by atoms with Crippen LogP contribution in [0.1, 0.15) is 24.0 Å². The standard InChI is InChI=1S/C20H24FNO4S/c1-15-13-16(7-8-18(15)21)27(23,24)22-14-20(9-11-26-12-10-20)17-5-3-4-6-19(17)25-2/h3-8,13,22H,9-12,14H2,1-2H3. The van der Waals surface area contributed by atoms with Crippen molar-refractivity contribution in [3.05, 3.63) is 59.4 Å². The van der Waals surface area contributed by atoms with Gasteiger partial charge in [-0.1, -0.05) is 18.2 Å². The van der Waals surface area contributed by atoms with Gasteiger partial charge in [-0.25, -0.2) is 17.5 Å². The predicted molar refractivity (Wildman–Crippen MR) is 101 cm³/mol. The number of sulfonamides is 1. The molecule has 2 aromatic rings. The topological polar surface area (TPSA) is 64.6 Å². The highest BCUT2D eigenvalue weighted by atomic mass is 32.2. The summed E-state index contributed by atoms with van der Waals surface area (Å²) >= 11 is 0. The maximum atomic E-state index is 13.5. The van der Waals surface area contributed by atoms with Gasteiger partial charge in [-0.2, -0.15) is 0 Å². The average Bonchev–Trinajstić information content (AvgIpc) is 2.69. The zero-order chi connectivity index (χ0) is 19.5. The molecule has 0 spiro atoms. The van der Waals surface area contributed by atoms with Crippen LogP contribution in [0.3, 0.4) is 0 Å². The Kier molecular flexibility index (Phi) is 5.83. The second-order valence-electron chi connectivity index (χ2n) is 6.83. The van der Waals surface area contributed by atoms with Crippen LogP contribution in [-0.2, 0) is 20.2 Å². The van der Waals surface area contributed by atoms with Crippen molar-refractivity contribution in [2.24, 2.45) is 0 Å². The van der Waals surface area contributed by atoms with E-state index in [-0.39, 0.29) is 11.4 Å². The van der Waals surface area contributed by atoms with Crippen molar-refractivity contribution >= 4 is 10.0 Å². The maximum Gasteiger partial charge on any atom is 0.240 e. The first-order chi connectivity index (χ1) is 12.9. The normalized spacial score (nSPS) is 16.9. The third-order valence-corrected chi connectivity index (χ3v) is 6.57. The molecule has 1 aliphatic heterocycles. The molecule has 0 bridgehead atoms. The molecular formula is C20H24FNO4S. The zero-order valence-corrected chi connectivity index (χ0v) is 16.3. The molecule has 1 saturated heterocycles. The van der Waals surface area contributed by atoms with E-state index in [2.05, 4.69) is 4.72 Å². The van der Waals surface area contributed by atoms with Gasteiger partial charge >= 0.3 is 0 Å². The van der Waals surface area contributed by atoms with E-state index in [1.165, 1.54) is 18.2 Å². The molecule has 27 heavy (non-hydrogen) atoms. The number of para-hydroxylation sites is 1. The lowest BCUT2D eigenvalue weighted by Gasteiger charge is -2.38. The first-order valence-corrected chi connectivity index (χ1v) is 10.3. The summed E-state index contributed by atoms with van der Waals surface area (Å²) in [7, 11) is -2.15. The molecule has 1 heterocycles. The number of rotatable bonds is 6. The Hall–Kier alpha value is -1.96. The molecule has 1 fully saturated rings. The van der Waals surface area contributed by atoms with Crippen molar-refractivity contribution in [3.63, 3.8) is 0 Å². The second kappa shape index (κ2) is 7.96. The minimum atomic E-state index is -3.76. The predicted octanol–water partition coefficient (Wildman–Crippen LogP) is 3.17. The summed E-state index contributed by atoms with van der Waals surface area (Å²) in [6.45, 7) is 2.86. The van der Waals surface area contributed by atoms with Crippen molar-refractivity contribution in [1.82, 2.24) is 4.72 Å². The van der Waals surface area contributed by atoms with Crippen molar-refractivity contribution in [2.75, 3.05) is 26.9 Å². The Morgan fingerprint density at radius 3 is 2.56 bits per heavy atom. The summed E-state index contributed by atoms with van der Waals surface area (Å²) in [5.41, 5.74) is 0.838. The van der Waals surface area contributed by atoms with Crippen LogP contribution < -0.4 is 9.46 Å². The number of nitrogens with one attached hydrogen (secondary N) is 1. The van der Waals surface area contributed by atoms with Gasteiger partial charge in [0.2, 0.25) is 10.0 Å². The van der Waals surface area contributed by atoms with E-state index in [1.807, 2.05) is 24.3 Å². The Morgan fingerprint density at radius 2 is 1.89 bits per heavy atom. The number of hydrogen-bond donors (Lipinski definition) is 1. The van der Waals surface area contributed by atoms with Gasteiger partial charge in [0, 0.05) is 30.7 Å². The Bertz CT molecular complexity index is 908. The van der Waals surface area contributed by atoms with Gasteiger partial charge in [0.1, 0.15) is 11.6 Å². The Morgan fingerprint density at radius 1 is 1.19 bits per heavy atom. The summed E-state index contributed by atoms with van der Waals surface area (Å²) in [5.74, 6) is 0.306. The number of methoxy groups -OCH3 is 1. The smallest absolute Gasteiger partial charge is 0.240 e. The van der Waals surface area contributed by atoms with E-state index in [0.29, 0.717) is 31.6 Å². The van der Waals surface area contributed by atoms with Crippen molar-refractivity contribution in [3.8, 4) is 5.75 Å². The molecule has 146 valence electrons. The highest BCUT2D eigenvalue weighted by molar-refractivity contribution is 7.89. The third-order valence-electron chi connectivity index (χ3n) is 5.17. The van der Waals surface area contributed by atoms with Gasteiger partial charge in [-0.05, 0) is 49.6 Å². The fourth-order valence-corrected chi connectivity index (χ4v) is 4.70. The molecule has 2 aromatic carbocycles. The molecule has 0 unspecified atom stereocenters. The summed E-state index contributed by atoms with van der Waals surface area (Å²) in [6.07, 6.45) is 1.36. The first kappa shape index (κ1) is 19.8. The van der Waals surface area contributed by atoms with Crippen LogP contribution >= 0.6 is 0 Å². The average molecular weight is 393 g/mol. The van der Waals surface area contributed by atoms with E-state index >= 15 is 0 Å². The van der Waals surface area contributed by atoms with Crippen LogP contribution in [-0.4, -0.2) is 35.3 Å². The molecular weight excluding hydrogens is 369 g/mol. The molecule has 3 rings (SSSR count). The molecule has 0 atom stereocenters. The molecule has 1 N–H and O–H groups in total. The van der Waals surface area contributed by atoms with Crippen molar-refractivity contribution in [1.29, 1.82) is 0 Å². The van der Waals surface area contributed by atoms with Crippen LogP contribution in [0.2, 0.25) is 0 Å². The lowest BCUT2D eigenvalue weighted by atomic mass is 9.74. The van der Waals surface area contributed by atoms with Gasteiger partial charge in [0.05, 0.1) is 12.0 Å². The minimum Gasteiger partial charge on any atom is -0.496 e. The van der Waals surface area contributed by atoms with E-state index in [0.717, 1.165) is 11.3 Å². The van der Waals surface area contributed by atoms with Crippen LogP contribution in [0.5, 0.6) is 5.75 Å². The highest BCUT2D eigenvalue weighted by Crippen LogP contribution is 2.39. The number of ether oxygens (including phenoxy) is 2. The van der Waals surface area contributed by atoms with Crippen LogP contribution in [0.25, 0.3) is 0 Å². The fraction of sp³-hybridized carbons (Fsp3) is 0.400. The monoisotopic (exact) mass is 393 g/mol. The molecule has 5 nitrogen and oxygen atoms in total. The summed E-state index contributed by atoms with van der Waals surface area (Å²) < 4.78 is 52.8. The number of halogens is 1. The van der Waals surface area contributed by atoms with Gasteiger partial charge < -0.3 is 9.47 Å². The van der Waals surface area contributed by atoms with Crippen molar-refractivity contribution < 1.29 is 22.3 Å². The van der Waals surface area contributed by atoms with E-state index in [1.54, 1.807) is 14.0 Å². The minimum absolute atomic E-state index is 0.0589. The summed E-state index contributed by atoms with van der Waals surface area (Å²) in [4.78, 5) is 0.0589. The summed E-state index contributed by atoms with van der Waals surface area (Å²) in [6, 6.07) is 11.5. The number of benzene rings is 2. The molecule has 7 heteroatoms. The van der Waals surface area contributed by atoms with E-state index in [9.17, 15) is 12.8 Å². The van der Waals surface area contributed by atoms with E-state index < -0.39 is 21.3 Å². The molecule has 0 amide bonds. The molecule has 0 aromatic heterocycles.